The molecule has 142 valence electrons. The summed E-state index contributed by atoms with van der Waals surface area (Å²) in [6.07, 6.45) is 2.54. The highest BCUT2D eigenvalue weighted by Gasteiger charge is 2.13. The van der Waals surface area contributed by atoms with E-state index >= 15 is 0 Å². The predicted octanol–water partition coefficient (Wildman–Crippen LogP) is 3.11. The summed E-state index contributed by atoms with van der Waals surface area (Å²) in [6.45, 7) is 2.11. The van der Waals surface area contributed by atoms with Crippen molar-refractivity contribution in [1.29, 1.82) is 0 Å². The van der Waals surface area contributed by atoms with Crippen LogP contribution in [0.4, 0.5) is 17.3 Å². The quantitative estimate of drug-likeness (QED) is 0.336. The Kier molecular flexibility index (Phi) is 5.82. The van der Waals surface area contributed by atoms with E-state index in [9.17, 15) is 10.1 Å². The van der Waals surface area contributed by atoms with Crippen LogP contribution in [0, 0.1) is 10.1 Å². The third-order valence-electron chi connectivity index (χ3n) is 3.94. The standard InChI is InChI=1S/C18H22N6O3/c1-23(2)9-4-8-19-17-18(20-12-14-5-3-10-27-14)21-15-7-6-13(24(25)26)11-16(15)22-17/h3,5-7,10-11H,4,8-9,12H2,1-2H3,(H,19,22)(H,20,21). The zero-order valence-corrected chi connectivity index (χ0v) is 15.3. The van der Waals surface area contributed by atoms with Crippen LogP contribution in [0.5, 0.6) is 0 Å². The van der Waals surface area contributed by atoms with E-state index in [2.05, 4.69) is 25.5 Å². The first-order chi connectivity index (χ1) is 13.0. The number of nitrogens with one attached hydrogen (secondary N) is 2. The van der Waals surface area contributed by atoms with Gasteiger partial charge in [-0.1, -0.05) is 0 Å². The van der Waals surface area contributed by atoms with Crippen molar-refractivity contribution in [3.8, 4) is 0 Å². The summed E-state index contributed by atoms with van der Waals surface area (Å²) >= 11 is 0. The number of non-ortho nitro benzene ring substituents is 1. The van der Waals surface area contributed by atoms with Crippen LogP contribution in [0.1, 0.15) is 12.2 Å². The van der Waals surface area contributed by atoms with Crippen molar-refractivity contribution in [2.45, 2.75) is 13.0 Å². The monoisotopic (exact) mass is 370 g/mol. The maximum absolute atomic E-state index is 11.0. The molecule has 9 heteroatoms. The number of nitrogens with zero attached hydrogens (tertiary/aromatic N) is 4. The van der Waals surface area contributed by atoms with Crippen LogP contribution in [-0.2, 0) is 6.54 Å². The summed E-state index contributed by atoms with van der Waals surface area (Å²) in [5.41, 5.74) is 1.05. The number of fused-ring (bicyclic) bond motifs is 1. The van der Waals surface area contributed by atoms with Gasteiger partial charge in [0.2, 0.25) is 0 Å². The van der Waals surface area contributed by atoms with Crippen LogP contribution in [0.3, 0.4) is 0 Å². The van der Waals surface area contributed by atoms with E-state index in [0.29, 0.717) is 35.8 Å². The Balaban J connectivity index is 1.85. The highest BCUT2D eigenvalue weighted by Crippen LogP contribution is 2.25. The number of nitro groups is 1. The molecule has 2 aromatic heterocycles. The Labute approximate surface area is 156 Å². The maximum atomic E-state index is 11.0. The lowest BCUT2D eigenvalue weighted by Gasteiger charge is -2.14. The largest absolute Gasteiger partial charge is 0.467 e. The zero-order valence-electron chi connectivity index (χ0n) is 15.3. The average Bonchev–Trinajstić information content (AvgIpc) is 3.16. The highest BCUT2D eigenvalue weighted by molar-refractivity contribution is 5.82. The summed E-state index contributed by atoms with van der Waals surface area (Å²) in [6, 6.07) is 8.16. The van der Waals surface area contributed by atoms with Gasteiger partial charge < -0.3 is 20.0 Å². The molecule has 9 nitrogen and oxygen atoms in total. The van der Waals surface area contributed by atoms with Gasteiger partial charge in [0.15, 0.2) is 11.6 Å². The second-order valence-electron chi connectivity index (χ2n) is 6.37. The third-order valence-corrected chi connectivity index (χ3v) is 3.94. The number of rotatable bonds is 9. The fraction of sp³-hybridized carbons (Fsp3) is 0.333. The van der Waals surface area contributed by atoms with Crippen LogP contribution in [-0.4, -0.2) is 47.0 Å². The number of benzene rings is 1. The second-order valence-corrected chi connectivity index (χ2v) is 6.37. The Morgan fingerprint density at radius 2 is 1.93 bits per heavy atom. The Hall–Kier alpha value is -3.20. The molecule has 3 aromatic rings. The normalized spacial score (nSPS) is 11.1. The van der Waals surface area contributed by atoms with Crippen molar-refractivity contribution >= 4 is 28.4 Å². The minimum absolute atomic E-state index is 0.00773. The molecular formula is C18H22N6O3. The lowest BCUT2D eigenvalue weighted by atomic mass is 10.2. The predicted molar refractivity (Wildman–Crippen MR) is 104 cm³/mol. The molecule has 0 aliphatic heterocycles. The molecular weight excluding hydrogens is 348 g/mol. The smallest absolute Gasteiger partial charge is 0.271 e. The lowest BCUT2D eigenvalue weighted by molar-refractivity contribution is -0.384. The number of nitro benzene ring substituents is 1. The van der Waals surface area contributed by atoms with Gasteiger partial charge in [0, 0.05) is 18.7 Å². The highest BCUT2D eigenvalue weighted by atomic mass is 16.6. The van der Waals surface area contributed by atoms with Crippen molar-refractivity contribution in [1.82, 2.24) is 14.9 Å². The second kappa shape index (κ2) is 8.45. The Morgan fingerprint density at radius 3 is 2.63 bits per heavy atom. The maximum Gasteiger partial charge on any atom is 0.271 e. The minimum Gasteiger partial charge on any atom is -0.467 e. The molecule has 2 N–H and O–H groups in total. The van der Waals surface area contributed by atoms with Crippen molar-refractivity contribution in [3.63, 3.8) is 0 Å². The van der Waals surface area contributed by atoms with Crippen molar-refractivity contribution < 1.29 is 9.34 Å². The van der Waals surface area contributed by atoms with Crippen molar-refractivity contribution in [2.24, 2.45) is 0 Å². The van der Waals surface area contributed by atoms with Gasteiger partial charge in [-0.25, -0.2) is 9.97 Å². The van der Waals surface area contributed by atoms with Crippen LogP contribution < -0.4 is 10.6 Å². The fourth-order valence-electron chi connectivity index (χ4n) is 2.59. The van der Waals surface area contributed by atoms with Crippen LogP contribution in [0.15, 0.2) is 41.0 Å². The molecule has 0 fully saturated rings. The molecule has 0 radical (unpaired) electrons. The molecule has 1 aromatic carbocycles. The molecule has 0 bridgehead atoms. The number of hydrogen-bond donors (Lipinski definition) is 2. The summed E-state index contributed by atoms with van der Waals surface area (Å²) in [5.74, 6) is 1.92. The van der Waals surface area contributed by atoms with E-state index in [4.69, 9.17) is 4.42 Å². The van der Waals surface area contributed by atoms with Gasteiger partial charge in [-0.3, -0.25) is 10.1 Å². The van der Waals surface area contributed by atoms with Crippen molar-refractivity contribution in [2.75, 3.05) is 37.8 Å². The van der Waals surface area contributed by atoms with Crippen molar-refractivity contribution in [3.05, 3.63) is 52.5 Å². The van der Waals surface area contributed by atoms with E-state index in [1.54, 1.807) is 12.3 Å². The first-order valence-electron chi connectivity index (χ1n) is 8.64. The van der Waals surface area contributed by atoms with Gasteiger partial charge in [-0.2, -0.15) is 0 Å². The molecule has 0 aliphatic rings. The molecule has 2 heterocycles. The minimum atomic E-state index is -0.436. The lowest BCUT2D eigenvalue weighted by Crippen LogP contribution is -2.17. The van der Waals surface area contributed by atoms with Gasteiger partial charge in [-0.15, -0.1) is 0 Å². The molecule has 0 amide bonds. The van der Waals surface area contributed by atoms with Gasteiger partial charge in [0.1, 0.15) is 5.76 Å². The number of furan rings is 1. The number of hydrogen-bond acceptors (Lipinski definition) is 8. The molecule has 0 spiro atoms. The molecule has 0 saturated carbocycles. The number of anilines is 2. The fourth-order valence-corrected chi connectivity index (χ4v) is 2.59. The van der Waals surface area contributed by atoms with Crippen LogP contribution >= 0.6 is 0 Å². The SMILES string of the molecule is CN(C)CCCNc1nc2cc([N+](=O)[O-])ccc2nc1NCc1ccco1. The number of aromatic nitrogens is 2. The van der Waals surface area contributed by atoms with Crippen LogP contribution in [0.25, 0.3) is 11.0 Å². The third kappa shape index (κ3) is 4.91. The van der Waals surface area contributed by atoms with E-state index < -0.39 is 4.92 Å². The molecule has 0 atom stereocenters. The van der Waals surface area contributed by atoms with E-state index in [1.165, 1.54) is 12.1 Å². The summed E-state index contributed by atoms with van der Waals surface area (Å²) < 4.78 is 5.34. The Morgan fingerprint density at radius 1 is 1.15 bits per heavy atom. The molecule has 0 unspecified atom stereocenters. The molecule has 0 saturated heterocycles. The first kappa shape index (κ1) is 18.6. The Bertz CT molecular complexity index is 911. The van der Waals surface area contributed by atoms with Gasteiger partial charge >= 0.3 is 0 Å². The van der Waals surface area contributed by atoms with Crippen LogP contribution in [0.2, 0.25) is 0 Å². The van der Waals surface area contributed by atoms with Gasteiger partial charge in [-0.05, 0) is 45.3 Å². The van der Waals surface area contributed by atoms with E-state index in [-0.39, 0.29) is 5.69 Å². The average molecular weight is 370 g/mol. The molecule has 27 heavy (non-hydrogen) atoms. The zero-order chi connectivity index (χ0) is 19.2. The van der Waals surface area contributed by atoms with Gasteiger partial charge in [0.05, 0.1) is 28.8 Å². The molecule has 3 rings (SSSR count). The van der Waals surface area contributed by atoms with Gasteiger partial charge in [0.25, 0.3) is 5.69 Å². The molecule has 0 aliphatic carbocycles. The summed E-state index contributed by atoms with van der Waals surface area (Å²) in [5, 5.41) is 17.5. The first-order valence-corrected chi connectivity index (χ1v) is 8.64. The summed E-state index contributed by atoms with van der Waals surface area (Å²) in [4.78, 5) is 21.8. The summed E-state index contributed by atoms with van der Waals surface area (Å²) in [7, 11) is 4.04. The van der Waals surface area contributed by atoms with E-state index in [1.807, 2.05) is 26.2 Å². The van der Waals surface area contributed by atoms with E-state index in [0.717, 1.165) is 18.7 Å². The topological polar surface area (TPSA) is 109 Å².